The number of benzene rings is 2. The number of ether oxygens (including phenoxy) is 2. The van der Waals surface area contributed by atoms with Crippen molar-refractivity contribution >= 4 is 37.7 Å². The standard InChI is InChI=1S/C18H14Cl2O2Se/c1-21-15-5-3-11(9-13(15)19)17-7-8-18(23-17)12-4-6-16(22-2)14(20)10-12/h3-10H,1-2H3. The van der Waals surface area contributed by atoms with Gasteiger partial charge in [0.1, 0.15) is 0 Å². The third-order valence-corrected chi connectivity index (χ3v) is 6.55. The molecule has 0 saturated heterocycles. The van der Waals surface area contributed by atoms with Gasteiger partial charge in [-0.3, -0.25) is 0 Å². The normalized spacial score (nSPS) is 10.6. The number of methoxy groups -OCH3 is 2. The Morgan fingerprint density at radius 2 is 1.13 bits per heavy atom. The molecule has 1 heterocycles. The maximum absolute atomic E-state index is 6.22. The first-order chi connectivity index (χ1) is 11.1. The topological polar surface area (TPSA) is 18.5 Å². The molecule has 2 aromatic carbocycles. The van der Waals surface area contributed by atoms with Crippen molar-refractivity contribution in [2.45, 2.75) is 0 Å². The second kappa shape index (κ2) is 7.02. The van der Waals surface area contributed by atoms with Gasteiger partial charge >= 0.3 is 151 Å². The fourth-order valence-electron chi connectivity index (χ4n) is 2.29. The number of rotatable bonds is 4. The Morgan fingerprint density at radius 1 is 0.696 bits per heavy atom. The molecule has 0 saturated carbocycles. The first-order valence-electron chi connectivity index (χ1n) is 6.90. The average molecular weight is 412 g/mol. The van der Waals surface area contributed by atoms with E-state index in [0.29, 0.717) is 21.5 Å². The van der Waals surface area contributed by atoms with Crippen molar-refractivity contribution in [1.82, 2.24) is 0 Å². The Hall–Kier alpha value is -1.38. The predicted molar refractivity (Wildman–Crippen MR) is 97.4 cm³/mol. The molecule has 0 aliphatic heterocycles. The van der Waals surface area contributed by atoms with Crippen molar-refractivity contribution in [2.24, 2.45) is 0 Å². The van der Waals surface area contributed by atoms with Crippen molar-refractivity contribution in [3.63, 3.8) is 0 Å². The van der Waals surface area contributed by atoms with Crippen LogP contribution in [0.5, 0.6) is 11.5 Å². The molecule has 0 radical (unpaired) electrons. The van der Waals surface area contributed by atoms with Crippen molar-refractivity contribution in [3.8, 4) is 31.5 Å². The molecule has 0 unspecified atom stereocenters. The molecular weight excluding hydrogens is 398 g/mol. The minimum atomic E-state index is 0.204. The van der Waals surface area contributed by atoms with Gasteiger partial charge in [0.2, 0.25) is 0 Å². The Bertz CT molecular complexity index is 775. The van der Waals surface area contributed by atoms with Crippen LogP contribution in [0.3, 0.4) is 0 Å². The van der Waals surface area contributed by atoms with E-state index >= 15 is 0 Å². The van der Waals surface area contributed by atoms with E-state index in [4.69, 9.17) is 32.7 Å². The van der Waals surface area contributed by atoms with Crippen molar-refractivity contribution < 1.29 is 9.47 Å². The van der Waals surface area contributed by atoms with Crippen molar-refractivity contribution in [2.75, 3.05) is 14.2 Å². The van der Waals surface area contributed by atoms with E-state index in [-0.39, 0.29) is 14.5 Å². The maximum atomic E-state index is 6.22. The number of halogens is 2. The van der Waals surface area contributed by atoms with E-state index in [1.165, 1.54) is 8.87 Å². The van der Waals surface area contributed by atoms with Crippen molar-refractivity contribution in [1.29, 1.82) is 0 Å². The first kappa shape index (κ1) is 16.5. The SMILES string of the molecule is COc1ccc(-c2ccc(-c3ccc(OC)c(Cl)c3)[se]2)cc1Cl. The van der Waals surface area contributed by atoms with Crippen LogP contribution in [0.1, 0.15) is 0 Å². The molecule has 0 bridgehead atoms. The zero-order chi connectivity index (χ0) is 16.4. The van der Waals surface area contributed by atoms with E-state index in [9.17, 15) is 0 Å². The molecule has 0 aliphatic rings. The monoisotopic (exact) mass is 412 g/mol. The first-order valence-corrected chi connectivity index (χ1v) is 9.37. The Balaban J connectivity index is 1.94. The van der Waals surface area contributed by atoms with Crippen LogP contribution in [0.25, 0.3) is 20.0 Å². The summed E-state index contributed by atoms with van der Waals surface area (Å²) in [5, 5.41) is 1.25. The van der Waals surface area contributed by atoms with Gasteiger partial charge in [-0.15, -0.1) is 0 Å². The van der Waals surface area contributed by atoms with E-state index in [1.54, 1.807) is 14.2 Å². The van der Waals surface area contributed by atoms with Gasteiger partial charge < -0.3 is 0 Å². The molecule has 0 fully saturated rings. The van der Waals surface area contributed by atoms with E-state index in [1.807, 2.05) is 36.4 Å². The molecule has 5 heteroatoms. The molecule has 118 valence electrons. The quantitative estimate of drug-likeness (QED) is 0.535. The summed E-state index contributed by atoms with van der Waals surface area (Å²) in [5.41, 5.74) is 2.25. The molecule has 0 aliphatic carbocycles. The third kappa shape index (κ3) is 3.43. The van der Waals surface area contributed by atoms with Gasteiger partial charge in [-0.2, -0.15) is 0 Å². The van der Waals surface area contributed by atoms with Gasteiger partial charge in [0.05, 0.1) is 0 Å². The molecule has 0 spiro atoms. The average Bonchev–Trinajstić information content (AvgIpc) is 3.04. The fraction of sp³-hybridized carbons (Fsp3) is 0.111. The van der Waals surface area contributed by atoms with E-state index in [0.717, 1.165) is 11.1 Å². The van der Waals surface area contributed by atoms with Crippen LogP contribution in [-0.2, 0) is 0 Å². The fourth-order valence-corrected chi connectivity index (χ4v) is 4.90. The molecule has 2 nitrogen and oxygen atoms in total. The van der Waals surface area contributed by atoms with Gasteiger partial charge in [-0.1, -0.05) is 0 Å². The van der Waals surface area contributed by atoms with E-state index < -0.39 is 0 Å². The molecule has 1 aromatic heterocycles. The Labute approximate surface area is 151 Å². The van der Waals surface area contributed by atoms with Crippen LogP contribution in [0.4, 0.5) is 0 Å². The third-order valence-electron chi connectivity index (χ3n) is 3.48. The van der Waals surface area contributed by atoms with Crippen LogP contribution in [0, 0.1) is 0 Å². The summed E-state index contributed by atoms with van der Waals surface area (Å²) in [6, 6.07) is 16.1. The van der Waals surface area contributed by atoms with Crippen LogP contribution in [0.2, 0.25) is 10.0 Å². The molecule has 23 heavy (non-hydrogen) atoms. The summed E-state index contributed by atoms with van der Waals surface area (Å²) < 4.78 is 13.0. The van der Waals surface area contributed by atoms with Crippen LogP contribution in [-0.4, -0.2) is 28.7 Å². The molecule has 0 amide bonds. The minimum absolute atomic E-state index is 0.204. The van der Waals surface area contributed by atoms with Crippen molar-refractivity contribution in [3.05, 3.63) is 58.6 Å². The molecule has 3 rings (SSSR count). The van der Waals surface area contributed by atoms with Gasteiger partial charge in [0.25, 0.3) is 0 Å². The summed E-state index contributed by atoms with van der Waals surface area (Å²) in [6.45, 7) is 0. The summed E-state index contributed by atoms with van der Waals surface area (Å²) in [4.78, 5) is 0. The number of hydrogen-bond acceptors (Lipinski definition) is 2. The van der Waals surface area contributed by atoms with Gasteiger partial charge in [0, 0.05) is 0 Å². The second-order valence-electron chi connectivity index (χ2n) is 4.86. The van der Waals surface area contributed by atoms with Gasteiger partial charge in [-0.05, 0) is 0 Å². The zero-order valence-corrected chi connectivity index (χ0v) is 15.8. The summed E-state index contributed by atoms with van der Waals surface area (Å²) in [5.74, 6) is 1.38. The summed E-state index contributed by atoms with van der Waals surface area (Å²) >= 11 is 12.6. The zero-order valence-electron chi connectivity index (χ0n) is 12.6. The Kier molecular flexibility index (Phi) is 5.03. The summed E-state index contributed by atoms with van der Waals surface area (Å²) in [6.07, 6.45) is 0. The van der Waals surface area contributed by atoms with Gasteiger partial charge in [0.15, 0.2) is 0 Å². The molecular formula is C18H14Cl2O2Se. The van der Waals surface area contributed by atoms with E-state index in [2.05, 4.69) is 12.1 Å². The second-order valence-corrected chi connectivity index (χ2v) is 7.95. The summed E-state index contributed by atoms with van der Waals surface area (Å²) in [7, 11) is 3.24. The Morgan fingerprint density at radius 3 is 1.48 bits per heavy atom. The molecule has 0 N–H and O–H groups in total. The van der Waals surface area contributed by atoms with Crippen LogP contribution >= 0.6 is 23.2 Å². The van der Waals surface area contributed by atoms with Gasteiger partial charge in [-0.25, -0.2) is 0 Å². The molecule has 0 atom stereocenters. The molecule has 3 aromatic rings. The van der Waals surface area contributed by atoms with Crippen LogP contribution in [0.15, 0.2) is 48.5 Å². The van der Waals surface area contributed by atoms with Crippen LogP contribution < -0.4 is 9.47 Å². The number of hydrogen-bond donors (Lipinski definition) is 0. The predicted octanol–water partition coefficient (Wildman–Crippen LogP) is 5.40.